The first kappa shape index (κ1) is 94.0. The molecule has 0 spiro atoms. The van der Waals surface area contributed by atoms with Gasteiger partial charge >= 0.3 is 39.5 Å². The molecule has 0 radical (unpaired) electrons. The van der Waals surface area contributed by atoms with E-state index in [1.165, 1.54) is 83.5 Å². The second-order valence-electron chi connectivity index (χ2n) is 25.6. The summed E-state index contributed by atoms with van der Waals surface area (Å²) >= 11 is 0. The number of hydrogen-bond donors (Lipinski definition) is 3. The average molecular weight is 1420 g/mol. The Labute approximate surface area is 595 Å². The predicted octanol–water partition coefficient (Wildman–Crippen LogP) is 22.0. The number of allylic oxidation sites excluding steroid dienone is 16. The van der Waals surface area contributed by atoms with Crippen molar-refractivity contribution in [2.75, 3.05) is 39.6 Å². The Morgan fingerprint density at radius 2 is 0.531 bits per heavy atom. The maximum atomic E-state index is 13.1. The van der Waals surface area contributed by atoms with Gasteiger partial charge in [-0.05, 0) is 128 Å². The van der Waals surface area contributed by atoms with E-state index < -0.39 is 97.5 Å². The minimum Gasteiger partial charge on any atom is -0.462 e. The van der Waals surface area contributed by atoms with Crippen LogP contribution in [0.2, 0.25) is 0 Å². The van der Waals surface area contributed by atoms with Gasteiger partial charge in [0, 0.05) is 25.7 Å². The molecule has 0 aliphatic rings. The number of aliphatic hydroxyl groups excluding tert-OH is 1. The zero-order chi connectivity index (χ0) is 71.8. The number of carbonyl (C=O) groups excluding carboxylic acids is 4. The first-order valence-electron chi connectivity index (χ1n) is 38.5. The molecule has 0 saturated heterocycles. The largest absolute Gasteiger partial charge is 0.472 e. The minimum absolute atomic E-state index is 0.0711. The molecule has 98 heavy (non-hydrogen) atoms. The van der Waals surface area contributed by atoms with Crippen molar-refractivity contribution in [3.63, 3.8) is 0 Å². The first-order chi connectivity index (χ1) is 47.7. The lowest BCUT2D eigenvalue weighted by molar-refractivity contribution is -0.161. The van der Waals surface area contributed by atoms with E-state index >= 15 is 0 Å². The van der Waals surface area contributed by atoms with Crippen LogP contribution in [0.15, 0.2) is 97.2 Å². The SMILES string of the molecule is CC/C=C\C/C=C\C/C=C\C/C=C\C/C=C\CCCCCC(=O)OCC(COP(=O)(O)OCC(O)COP(=O)(O)OCC(COC(=O)CCCCCCC/C=C\CCCCCC)OC(=O)CCCCCCCCCCCCC)OC(=O)CCCCCCC/C=C\C/C=C\CCCCC. The van der Waals surface area contributed by atoms with Gasteiger partial charge in [-0.25, -0.2) is 9.13 Å². The summed E-state index contributed by atoms with van der Waals surface area (Å²) in [5.41, 5.74) is 0. The average Bonchev–Trinajstić information content (AvgIpc) is 0.992. The summed E-state index contributed by atoms with van der Waals surface area (Å²) < 4.78 is 68.4. The molecule has 0 aromatic rings. The van der Waals surface area contributed by atoms with Crippen LogP contribution in [-0.4, -0.2) is 96.7 Å². The van der Waals surface area contributed by atoms with Gasteiger partial charge in [0.25, 0.3) is 0 Å². The van der Waals surface area contributed by atoms with E-state index in [1.54, 1.807) is 0 Å². The van der Waals surface area contributed by atoms with Gasteiger partial charge in [-0.15, -0.1) is 0 Å². The van der Waals surface area contributed by atoms with Crippen LogP contribution in [0.5, 0.6) is 0 Å². The van der Waals surface area contributed by atoms with Crippen molar-refractivity contribution >= 4 is 39.5 Å². The highest BCUT2D eigenvalue weighted by Crippen LogP contribution is 2.45. The smallest absolute Gasteiger partial charge is 0.462 e. The topological polar surface area (TPSA) is 237 Å². The predicted molar refractivity (Wildman–Crippen MR) is 399 cm³/mol. The van der Waals surface area contributed by atoms with Crippen LogP contribution in [0.3, 0.4) is 0 Å². The van der Waals surface area contributed by atoms with Gasteiger partial charge in [-0.3, -0.25) is 37.3 Å². The Hall–Kier alpha value is -4.02. The quantitative estimate of drug-likeness (QED) is 0.0169. The molecule has 19 heteroatoms. The second-order valence-corrected chi connectivity index (χ2v) is 28.5. The van der Waals surface area contributed by atoms with Gasteiger partial charge in [0.05, 0.1) is 26.4 Å². The molecule has 0 aliphatic heterocycles. The van der Waals surface area contributed by atoms with Crippen molar-refractivity contribution in [2.24, 2.45) is 0 Å². The molecule has 3 N–H and O–H groups in total. The molecule has 0 heterocycles. The van der Waals surface area contributed by atoms with E-state index in [4.69, 9.17) is 37.0 Å². The van der Waals surface area contributed by atoms with Gasteiger partial charge < -0.3 is 33.8 Å². The summed E-state index contributed by atoms with van der Waals surface area (Å²) in [4.78, 5) is 72.8. The van der Waals surface area contributed by atoms with Crippen LogP contribution in [0.1, 0.15) is 323 Å². The van der Waals surface area contributed by atoms with Crippen molar-refractivity contribution in [2.45, 2.75) is 341 Å². The molecule has 5 unspecified atom stereocenters. The molecule has 566 valence electrons. The molecule has 0 aromatic heterocycles. The second kappa shape index (κ2) is 71.4. The maximum Gasteiger partial charge on any atom is 0.472 e. The zero-order valence-corrected chi connectivity index (χ0v) is 63.5. The summed E-state index contributed by atoms with van der Waals surface area (Å²) in [7, 11) is -9.95. The normalized spacial score (nSPS) is 14.5. The van der Waals surface area contributed by atoms with Crippen molar-refractivity contribution < 1.29 is 80.2 Å². The fourth-order valence-electron chi connectivity index (χ4n) is 10.2. The number of aliphatic hydroxyl groups is 1. The summed E-state index contributed by atoms with van der Waals surface area (Å²) in [5.74, 6) is -2.22. The van der Waals surface area contributed by atoms with Crippen LogP contribution in [-0.2, 0) is 65.4 Å². The van der Waals surface area contributed by atoms with Crippen LogP contribution in [0.4, 0.5) is 0 Å². The molecular formula is C79H138O17P2. The Morgan fingerprint density at radius 3 is 0.867 bits per heavy atom. The summed E-state index contributed by atoms with van der Waals surface area (Å²) in [5, 5.41) is 10.6. The number of rotatable bonds is 72. The van der Waals surface area contributed by atoms with E-state index in [9.17, 15) is 43.2 Å². The van der Waals surface area contributed by atoms with E-state index in [0.717, 1.165) is 161 Å². The zero-order valence-electron chi connectivity index (χ0n) is 61.7. The van der Waals surface area contributed by atoms with Gasteiger partial charge in [-0.2, -0.15) is 0 Å². The van der Waals surface area contributed by atoms with Crippen LogP contribution >= 0.6 is 15.6 Å². The number of phosphoric ester groups is 2. The Kier molecular flexibility index (Phi) is 68.4. The molecule has 0 bridgehead atoms. The monoisotopic (exact) mass is 1420 g/mol. The van der Waals surface area contributed by atoms with Gasteiger partial charge in [-0.1, -0.05) is 266 Å². The van der Waals surface area contributed by atoms with Crippen molar-refractivity contribution in [1.82, 2.24) is 0 Å². The number of carbonyl (C=O) groups is 4. The molecular weight excluding hydrogens is 1280 g/mol. The molecule has 0 amide bonds. The Bertz CT molecular complexity index is 2240. The van der Waals surface area contributed by atoms with Crippen molar-refractivity contribution in [3.8, 4) is 0 Å². The number of unbranched alkanes of at least 4 members (excludes halogenated alkanes) is 30. The maximum absolute atomic E-state index is 13.1. The van der Waals surface area contributed by atoms with E-state index in [1.807, 2.05) is 0 Å². The molecule has 5 atom stereocenters. The number of hydrogen-bond acceptors (Lipinski definition) is 15. The van der Waals surface area contributed by atoms with Crippen LogP contribution in [0.25, 0.3) is 0 Å². The third kappa shape index (κ3) is 70.4. The van der Waals surface area contributed by atoms with Crippen LogP contribution < -0.4 is 0 Å². The number of phosphoric acid groups is 2. The van der Waals surface area contributed by atoms with Crippen molar-refractivity contribution in [1.29, 1.82) is 0 Å². The number of ether oxygens (including phenoxy) is 4. The summed E-state index contributed by atoms with van der Waals surface area (Å²) in [6.45, 7) is 4.67. The van der Waals surface area contributed by atoms with Gasteiger partial charge in [0.15, 0.2) is 12.2 Å². The Morgan fingerprint density at radius 1 is 0.296 bits per heavy atom. The van der Waals surface area contributed by atoms with E-state index in [0.29, 0.717) is 25.7 Å². The highest BCUT2D eigenvalue weighted by molar-refractivity contribution is 7.47. The minimum atomic E-state index is -4.98. The first-order valence-corrected chi connectivity index (χ1v) is 41.5. The standard InChI is InChI=1S/C79H138O17P2/c1-5-9-13-17-21-25-29-32-34-35-36-37-39-41-45-48-52-56-60-64-77(82)90-70-75(96-79(84)66-62-58-54-50-46-42-38-33-30-26-22-18-14-10-6-2)72-94-98(87,88)92-68-73(80)67-91-97(85,86)93-71-74(95-78(83)65-61-57-53-49-43-28-24-20-16-12-8-4)69-89-76(81)63-59-55-51-47-44-40-31-27-23-19-15-11-7-3/h9,13,21-22,25-27,31-34,36-38,41,45,73-75,80H,5-8,10-12,14-20,23-24,28-30,35,39-40,42-44,46-72H2,1-4H3,(H,85,86)(H,87,88)/b13-9-,25-21-,26-22-,31-27-,34-32-,37-36-,38-33-,45-41-. The van der Waals surface area contributed by atoms with E-state index in [2.05, 4.69) is 125 Å². The van der Waals surface area contributed by atoms with Crippen LogP contribution in [0, 0.1) is 0 Å². The highest BCUT2D eigenvalue weighted by atomic mass is 31.2. The molecule has 17 nitrogen and oxygen atoms in total. The summed E-state index contributed by atoms with van der Waals surface area (Å²) in [6, 6.07) is 0. The Balaban J connectivity index is 5.36. The van der Waals surface area contributed by atoms with Gasteiger partial charge in [0.2, 0.25) is 0 Å². The van der Waals surface area contributed by atoms with Crippen molar-refractivity contribution in [3.05, 3.63) is 97.2 Å². The molecule has 0 rings (SSSR count). The van der Waals surface area contributed by atoms with Gasteiger partial charge in [0.1, 0.15) is 19.3 Å². The molecule has 0 aliphatic carbocycles. The fourth-order valence-corrected chi connectivity index (χ4v) is 11.7. The summed E-state index contributed by atoms with van der Waals surface area (Å²) in [6.07, 6.45) is 74.0. The lowest BCUT2D eigenvalue weighted by atomic mass is 10.1. The lowest BCUT2D eigenvalue weighted by Gasteiger charge is -2.21. The number of esters is 4. The lowest BCUT2D eigenvalue weighted by Crippen LogP contribution is -2.30. The third-order valence-corrected chi connectivity index (χ3v) is 17.9. The molecule has 0 aromatic carbocycles. The molecule has 0 fully saturated rings. The highest BCUT2D eigenvalue weighted by Gasteiger charge is 2.30. The molecule has 0 saturated carbocycles. The van der Waals surface area contributed by atoms with E-state index in [-0.39, 0.29) is 25.7 Å². The fraction of sp³-hybridized carbons (Fsp3) is 0.747. The third-order valence-electron chi connectivity index (χ3n) is 16.0.